The van der Waals surface area contributed by atoms with Gasteiger partial charge in [0.2, 0.25) is 11.8 Å². The highest BCUT2D eigenvalue weighted by Gasteiger charge is 2.45. The predicted molar refractivity (Wildman–Crippen MR) is 106 cm³/mol. The van der Waals surface area contributed by atoms with E-state index in [-0.39, 0.29) is 41.4 Å². The molecule has 3 heterocycles. The van der Waals surface area contributed by atoms with Gasteiger partial charge in [0.1, 0.15) is 16.9 Å². The first-order valence-corrected chi connectivity index (χ1v) is 9.61. The van der Waals surface area contributed by atoms with Crippen molar-refractivity contribution < 1.29 is 28.7 Å². The molecule has 0 aliphatic carbocycles. The summed E-state index contributed by atoms with van der Waals surface area (Å²) in [6.07, 6.45) is 1.42. The van der Waals surface area contributed by atoms with E-state index in [1.807, 2.05) is 0 Å². The number of fused-ring (bicyclic) bond motifs is 1. The molecule has 10 nitrogen and oxygen atoms in total. The number of hydrogen-bond acceptors (Lipinski definition) is 7. The molecule has 0 saturated carbocycles. The summed E-state index contributed by atoms with van der Waals surface area (Å²) in [6.45, 7) is -0.369. The highest BCUT2D eigenvalue weighted by atomic mass is 35.5. The zero-order chi connectivity index (χ0) is 22.1. The minimum atomic E-state index is -1.09. The molecule has 1 saturated heterocycles. The number of carbonyl (C=O) groups is 5. The van der Waals surface area contributed by atoms with Gasteiger partial charge in [-0.1, -0.05) is 17.7 Å². The Kier molecular flexibility index (Phi) is 5.38. The number of nitrogens with zero attached hydrogens (tertiary/aromatic N) is 2. The summed E-state index contributed by atoms with van der Waals surface area (Å²) in [6, 6.07) is 6.38. The smallest absolute Gasteiger partial charge is 0.264 e. The second-order valence-electron chi connectivity index (χ2n) is 6.83. The average molecular weight is 443 g/mol. The van der Waals surface area contributed by atoms with Gasteiger partial charge in [-0.15, -0.1) is 0 Å². The molecule has 2 N–H and O–H groups in total. The van der Waals surface area contributed by atoms with Gasteiger partial charge in [-0.05, 0) is 30.7 Å². The van der Waals surface area contributed by atoms with Crippen LogP contribution in [0.25, 0.3) is 0 Å². The molecular formula is C20H15ClN4O6. The maximum absolute atomic E-state index is 13.0. The fraction of sp³-hybridized carbons (Fsp3) is 0.200. The van der Waals surface area contributed by atoms with Crippen molar-refractivity contribution in [2.45, 2.75) is 18.9 Å². The van der Waals surface area contributed by atoms with Gasteiger partial charge in [-0.25, -0.2) is 4.98 Å². The van der Waals surface area contributed by atoms with Crippen molar-refractivity contribution in [3.63, 3.8) is 0 Å². The molecule has 1 atom stereocenters. The number of rotatable bonds is 5. The van der Waals surface area contributed by atoms with E-state index in [4.69, 9.17) is 16.3 Å². The molecule has 0 bridgehead atoms. The minimum absolute atomic E-state index is 0.0151. The molecular weight excluding hydrogens is 428 g/mol. The number of pyridine rings is 1. The van der Waals surface area contributed by atoms with Crippen LogP contribution >= 0.6 is 11.6 Å². The molecule has 4 rings (SSSR count). The molecule has 1 fully saturated rings. The fourth-order valence-electron chi connectivity index (χ4n) is 3.40. The topological polar surface area (TPSA) is 135 Å². The molecule has 0 radical (unpaired) electrons. The molecule has 11 heteroatoms. The standard InChI is InChI=1S/C20H15ClN4O6/c21-14-6-4-10(8-22-14)31-9-16(27)23-12-3-1-2-11-17(12)20(30)25(19(11)29)13-5-7-15(26)24-18(13)28/h1-4,6,8,13H,5,7,9H2,(H,23,27)(H,24,26,28). The van der Waals surface area contributed by atoms with E-state index < -0.39 is 35.6 Å². The van der Waals surface area contributed by atoms with Crippen LogP contribution in [0.15, 0.2) is 36.5 Å². The molecule has 1 aromatic carbocycles. The Morgan fingerprint density at radius 2 is 2.00 bits per heavy atom. The summed E-state index contributed by atoms with van der Waals surface area (Å²) in [5.41, 5.74) is 0.169. The van der Waals surface area contributed by atoms with E-state index in [2.05, 4.69) is 15.6 Å². The summed E-state index contributed by atoms with van der Waals surface area (Å²) >= 11 is 5.69. The summed E-state index contributed by atoms with van der Waals surface area (Å²) in [4.78, 5) is 66.3. The lowest BCUT2D eigenvalue weighted by atomic mass is 10.0. The quantitative estimate of drug-likeness (QED) is 0.523. The van der Waals surface area contributed by atoms with Gasteiger partial charge in [0.15, 0.2) is 6.61 Å². The normalized spacial score (nSPS) is 18.0. The Labute approximate surface area is 180 Å². The summed E-state index contributed by atoms with van der Waals surface area (Å²) in [7, 11) is 0. The number of aromatic nitrogens is 1. The van der Waals surface area contributed by atoms with Crippen molar-refractivity contribution in [3.8, 4) is 5.75 Å². The number of carbonyl (C=O) groups excluding carboxylic acids is 5. The molecule has 2 aliphatic heterocycles. The Bertz CT molecular complexity index is 1120. The summed E-state index contributed by atoms with van der Waals surface area (Å²) in [5.74, 6) is -2.78. The van der Waals surface area contributed by atoms with E-state index in [1.165, 1.54) is 30.5 Å². The lowest BCUT2D eigenvalue weighted by molar-refractivity contribution is -0.136. The number of benzene rings is 1. The van der Waals surface area contributed by atoms with Crippen LogP contribution in [0.5, 0.6) is 5.75 Å². The highest BCUT2D eigenvalue weighted by molar-refractivity contribution is 6.29. The van der Waals surface area contributed by atoms with Gasteiger partial charge < -0.3 is 10.1 Å². The first kappa shape index (κ1) is 20.5. The number of ether oxygens (including phenoxy) is 1. The van der Waals surface area contributed by atoms with Crippen molar-refractivity contribution in [1.82, 2.24) is 15.2 Å². The zero-order valence-corrected chi connectivity index (χ0v) is 16.6. The van der Waals surface area contributed by atoms with Gasteiger partial charge in [0.05, 0.1) is 23.0 Å². The number of anilines is 1. The number of imide groups is 2. The van der Waals surface area contributed by atoms with E-state index in [1.54, 1.807) is 6.07 Å². The maximum Gasteiger partial charge on any atom is 0.264 e. The van der Waals surface area contributed by atoms with Crippen molar-refractivity contribution in [1.29, 1.82) is 0 Å². The third-order valence-electron chi connectivity index (χ3n) is 4.81. The third-order valence-corrected chi connectivity index (χ3v) is 5.04. The van der Waals surface area contributed by atoms with Gasteiger partial charge in [0, 0.05) is 6.42 Å². The molecule has 31 heavy (non-hydrogen) atoms. The van der Waals surface area contributed by atoms with Crippen LogP contribution in [0.2, 0.25) is 5.15 Å². The lowest BCUT2D eigenvalue weighted by Gasteiger charge is -2.27. The highest BCUT2D eigenvalue weighted by Crippen LogP contribution is 2.32. The number of halogens is 1. The molecule has 2 aliphatic rings. The first-order chi connectivity index (χ1) is 14.8. The van der Waals surface area contributed by atoms with Gasteiger partial charge >= 0.3 is 0 Å². The van der Waals surface area contributed by atoms with Crippen molar-refractivity contribution >= 4 is 46.8 Å². The van der Waals surface area contributed by atoms with E-state index in [0.29, 0.717) is 5.75 Å². The first-order valence-electron chi connectivity index (χ1n) is 9.24. The van der Waals surface area contributed by atoms with E-state index in [0.717, 1.165) is 4.90 Å². The van der Waals surface area contributed by atoms with Crippen molar-refractivity contribution in [2.24, 2.45) is 0 Å². The Morgan fingerprint density at radius 3 is 2.71 bits per heavy atom. The molecule has 1 aromatic heterocycles. The summed E-state index contributed by atoms with van der Waals surface area (Å²) in [5, 5.41) is 4.96. The Hall–Kier alpha value is -3.79. The number of amides is 5. The Balaban J connectivity index is 1.50. The average Bonchev–Trinajstić information content (AvgIpc) is 2.99. The Morgan fingerprint density at radius 1 is 1.19 bits per heavy atom. The number of piperidine rings is 1. The number of nitrogens with one attached hydrogen (secondary N) is 2. The van der Waals surface area contributed by atoms with Crippen LogP contribution in [0, 0.1) is 0 Å². The second kappa shape index (κ2) is 8.15. The van der Waals surface area contributed by atoms with Crippen molar-refractivity contribution in [2.75, 3.05) is 11.9 Å². The summed E-state index contributed by atoms with van der Waals surface area (Å²) < 4.78 is 5.32. The van der Waals surface area contributed by atoms with Crippen LogP contribution in [0.3, 0.4) is 0 Å². The maximum atomic E-state index is 13.0. The van der Waals surface area contributed by atoms with E-state index in [9.17, 15) is 24.0 Å². The molecule has 158 valence electrons. The molecule has 1 unspecified atom stereocenters. The van der Waals surface area contributed by atoms with Crippen LogP contribution in [-0.2, 0) is 14.4 Å². The van der Waals surface area contributed by atoms with Crippen LogP contribution in [0.1, 0.15) is 33.6 Å². The predicted octanol–water partition coefficient (Wildman–Crippen LogP) is 1.15. The lowest BCUT2D eigenvalue weighted by Crippen LogP contribution is -2.54. The van der Waals surface area contributed by atoms with Crippen molar-refractivity contribution in [3.05, 3.63) is 52.8 Å². The fourth-order valence-corrected chi connectivity index (χ4v) is 3.51. The van der Waals surface area contributed by atoms with Crippen LogP contribution in [-0.4, -0.2) is 52.1 Å². The zero-order valence-electron chi connectivity index (χ0n) is 15.9. The van der Waals surface area contributed by atoms with Gasteiger partial charge in [-0.2, -0.15) is 0 Å². The largest absolute Gasteiger partial charge is 0.482 e. The molecule has 2 aromatic rings. The van der Waals surface area contributed by atoms with E-state index >= 15 is 0 Å². The third kappa shape index (κ3) is 3.97. The molecule has 0 spiro atoms. The van der Waals surface area contributed by atoms with Crippen LogP contribution < -0.4 is 15.4 Å². The SMILES string of the molecule is O=C1CCC(N2C(=O)c3cccc(NC(=O)COc4ccc(Cl)nc4)c3C2=O)C(=O)N1. The van der Waals surface area contributed by atoms with Crippen LogP contribution in [0.4, 0.5) is 5.69 Å². The number of hydrogen-bond donors (Lipinski definition) is 2. The monoisotopic (exact) mass is 442 g/mol. The minimum Gasteiger partial charge on any atom is -0.482 e. The second-order valence-corrected chi connectivity index (χ2v) is 7.22. The van der Waals surface area contributed by atoms with Gasteiger partial charge in [0.25, 0.3) is 17.7 Å². The van der Waals surface area contributed by atoms with Gasteiger partial charge in [-0.3, -0.25) is 34.2 Å². The molecule has 5 amide bonds.